The predicted molar refractivity (Wildman–Crippen MR) is 87.3 cm³/mol. The summed E-state index contributed by atoms with van der Waals surface area (Å²) in [6.07, 6.45) is 4.75. The molecule has 0 amide bonds. The van der Waals surface area contributed by atoms with E-state index >= 15 is 0 Å². The van der Waals surface area contributed by atoms with E-state index in [9.17, 15) is 0 Å². The van der Waals surface area contributed by atoms with Gasteiger partial charge in [-0.1, -0.05) is 46.2 Å². The highest BCUT2D eigenvalue weighted by Crippen LogP contribution is 2.21. The Labute approximate surface area is 124 Å². The van der Waals surface area contributed by atoms with Gasteiger partial charge in [-0.05, 0) is 49.4 Å². The molecule has 2 unspecified atom stereocenters. The topological polar surface area (TPSA) is 21.3 Å². The maximum atomic E-state index is 5.85. The maximum Gasteiger partial charge on any atom is 0.119 e. The van der Waals surface area contributed by atoms with Crippen molar-refractivity contribution in [2.24, 2.45) is 5.92 Å². The van der Waals surface area contributed by atoms with Gasteiger partial charge in [0.25, 0.3) is 0 Å². The minimum atomic E-state index is 0.461. The van der Waals surface area contributed by atoms with Crippen LogP contribution in [-0.4, -0.2) is 13.2 Å². The van der Waals surface area contributed by atoms with Gasteiger partial charge in [0.05, 0.1) is 6.61 Å². The molecule has 0 spiro atoms. The molecule has 1 aromatic rings. The molecule has 0 bridgehead atoms. The fourth-order valence-electron chi connectivity index (χ4n) is 2.43. The van der Waals surface area contributed by atoms with Crippen LogP contribution in [-0.2, 0) is 0 Å². The molecule has 0 aliphatic heterocycles. The van der Waals surface area contributed by atoms with Gasteiger partial charge in [0.15, 0.2) is 0 Å². The Hall–Kier alpha value is -1.02. The molecular weight excluding hydrogens is 246 g/mol. The number of rotatable bonds is 10. The number of hydrogen-bond donors (Lipinski definition) is 1. The van der Waals surface area contributed by atoms with Gasteiger partial charge in [-0.2, -0.15) is 0 Å². The molecule has 114 valence electrons. The van der Waals surface area contributed by atoms with Gasteiger partial charge in [0.1, 0.15) is 5.75 Å². The van der Waals surface area contributed by atoms with Gasteiger partial charge in [-0.15, -0.1) is 0 Å². The first-order chi connectivity index (χ1) is 9.71. The lowest BCUT2D eigenvalue weighted by Gasteiger charge is -2.18. The highest BCUT2D eigenvalue weighted by atomic mass is 16.5. The van der Waals surface area contributed by atoms with Crippen LogP contribution >= 0.6 is 0 Å². The Morgan fingerprint density at radius 3 is 2.30 bits per heavy atom. The van der Waals surface area contributed by atoms with Crippen molar-refractivity contribution in [3.8, 4) is 5.75 Å². The summed E-state index contributed by atoms with van der Waals surface area (Å²) in [5, 5.41) is 3.58. The maximum absolute atomic E-state index is 5.85. The summed E-state index contributed by atoms with van der Waals surface area (Å²) in [7, 11) is 0. The van der Waals surface area contributed by atoms with Crippen LogP contribution in [0.4, 0.5) is 0 Å². The van der Waals surface area contributed by atoms with Crippen LogP contribution in [0.15, 0.2) is 24.3 Å². The average molecular weight is 277 g/mol. The van der Waals surface area contributed by atoms with E-state index < -0.39 is 0 Å². The van der Waals surface area contributed by atoms with Crippen LogP contribution in [0.3, 0.4) is 0 Å². The molecule has 1 rings (SSSR count). The zero-order chi connectivity index (χ0) is 14.8. The minimum Gasteiger partial charge on any atom is -0.493 e. The fourth-order valence-corrected chi connectivity index (χ4v) is 2.43. The van der Waals surface area contributed by atoms with Crippen LogP contribution in [0.5, 0.6) is 5.75 Å². The van der Waals surface area contributed by atoms with Crippen LogP contribution < -0.4 is 10.1 Å². The number of nitrogens with one attached hydrogen (secondary N) is 1. The van der Waals surface area contributed by atoms with Crippen molar-refractivity contribution >= 4 is 0 Å². The second kappa shape index (κ2) is 9.82. The lowest BCUT2D eigenvalue weighted by Crippen LogP contribution is -2.21. The third-order valence-electron chi connectivity index (χ3n) is 3.65. The van der Waals surface area contributed by atoms with E-state index in [-0.39, 0.29) is 0 Å². The van der Waals surface area contributed by atoms with E-state index in [4.69, 9.17) is 4.74 Å². The fraction of sp³-hybridized carbons (Fsp3) is 0.667. The lowest BCUT2D eigenvalue weighted by atomic mass is 10.0. The number of benzene rings is 1. The van der Waals surface area contributed by atoms with Crippen LogP contribution in [0.25, 0.3) is 0 Å². The normalized spacial score (nSPS) is 14.0. The van der Waals surface area contributed by atoms with Gasteiger partial charge >= 0.3 is 0 Å². The third kappa shape index (κ3) is 5.96. The second-order valence-electron chi connectivity index (χ2n) is 5.69. The molecule has 0 radical (unpaired) electrons. The van der Waals surface area contributed by atoms with E-state index in [0.717, 1.165) is 25.3 Å². The molecule has 0 aromatic heterocycles. The molecule has 1 N–H and O–H groups in total. The first-order valence-corrected chi connectivity index (χ1v) is 8.17. The van der Waals surface area contributed by atoms with Crippen molar-refractivity contribution < 1.29 is 4.74 Å². The zero-order valence-corrected chi connectivity index (χ0v) is 13.6. The van der Waals surface area contributed by atoms with Crippen molar-refractivity contribution in [2.75, 3.05) is 13.2 Å². The van der Waals surface area contributed by atoms with E-state index in [1.54, 1.807) is 0 Å². The van der Waals surface area contributed by atoms with Gasteiger partial charge in [0, 0.05) is 6.04 Å². The molecule has 2 heteroatoms. The van der Waals surface area contributed by atoms with Crippen molar-refractivity contribution in [2.45, 2.75) is 59.4 Å². The summed E-state index contributed by atoms with van der Waals surface area (Å²) in [5.41, 5.74) is 1.36. The Morgan fingerprint density at radius 1 is 1.05 bits per heavy atom. The van der Waals surface area contributed by atoms with Crippen molar-refractivity contribution in [3.63, 3.8) is 0 Å². The van der Waals surface area contributed by atoms with Crippen molar-refractivity contribution in [3.05, 3.63) is 29.8 Å². The molecule has 2 atom stereocenters. The monoisotopic (exact) mass is 277 g/mol. The molecule has 1 aromatic carbocycles. The average Bonchev–Trinajstić information content (AvgIpc) is 2.47. The predicted octanol–water partition coefficient (Wildman–Crippen LogP) is 4.95. The van der Waals surface area contributed by atoms with Gasteiger partial charge in [0.2, 0.25) is 0 Å². The SMILES string of the molecule is CCCNC(CC)c1ccc(OCC(C)CCC)cc1. The Morgan fingerprint density at radius 2 is 1.75 bits per heavy atom. The molecule has 0 saturated carbocycles. The lowest BCUT2D eigenvalue weighted by molar-refractivity contribution is 0.251. The van der Waals surface area contributed by atoms with Gasteiger partial charge < -0.3 is 10.1 Å². The summed E-state index contributed by atoms with van der Waals surface area (Å²) in [6.45, 7) is 10.8. The Kier molecular flexibility index (Phi) is 8.36. The van der Waals surface area contributed by atoms with Crippen LogP contribution in [0.1, 0.15) is 65.0 Å². The summed E-state index contributed by atoms with van der Waals surface area (Å²) >= 11 is 0. The van der Waals surface area contributed by atoms with Crippen LogP contribution in [0, 0.1) is 5.92 Å². The van der Waals surface area contributed by atoms with Gasteiger partial charge in [-0.25, -0.2) is 0 Å². The molecular formula is C18H31NO. The number of ether oxygens (including phenoxy) is 1. The molecule has 0 fully saturated rings. The van der Waals surface area contributed by atoms with E-state index in [0.29, 0.717) is 12.0 Å². The highest BCUT2D eigenvalue weighted by molar-refractivity contribution is 5.29. The molecule has 20 heavy (non-hydrogen) atoms. The summed E-state index contributed by atoms with van der Waals surface area (Å²) in [5.74, 6) is 1.62. The molecule has 0 saturated heterocycles. The third-order valence-corrected chi connectivity index (χ3v) is 3.65. The number of hydrogen-bond acceptors (Lipinski definition) is 2. The minimum absolute atomic E-state index is 0.461. The van der Waals surface area contributed by atoms with Crippen molar-refractivity contribution in [1.29, 1.82) is 0 Å². The standard InChI is InChI=1S/C18H31NO/c1-5-8-15(4)14-20-17-11-9-16(10-12-17)18(7-3)19-13-6-2/h9-12,15,18-19H,5-8,13-14H2,1-4H3. The molecule has 2 nitrogen and oxygen atoms in total. The summed E-state index contributed by atoms with van der Waals surface area (Å²) < 4.78 is 5.85. The summed E-state index contributed by atoms with van der Waals surface area (Å²) in [6, 6.07) is 9.05. The first-order valence-electron chi connectivity index (χ1n) is 8.17. The molecule has 0 aliphatic rings. The zero-order valence-electron chi connectivity index (χ0n) is 13.6. The van der Waals surface area contributed by atoms with E-state index in [1.807, 2.05) is 0 Å². The van der Waals surface area contributed by atoms with Crippen LogP contribution in [0.2, 0.25) is 0 Å². The smallest absolute Gasteiger partial charge is 0.119 e. The van der Waals surface area contributed by atoms with E-state index in [1.165, 1.54) is 24.8 Å². The largest absolute Gasteiger partial charge is 0.493 e. The van der Waals surface area contributed by atoms with Gasteiger partial charge in [-0.3, -0.25) is 0 Å². The van der Waals surface area contributed by atoms with E-state index in [2.05, 4.69) is 57.3 Å². The highest BCUT2D eigenvalue weighted by Gasteiger charge is 2.08. The van der Waals surface area contributed by atoms with Crippen molar-refractivity contribution in [1.82, 2.24) is 5.32 Å². The second-order valence-corrected chi connectivity index (χ2v) is 5.69. The molecule has 0 aliphatic carbocycles. The Bertz CT molecular complexity index is 347. The summed E-state index contributed by atoms with van der Waals surface area (Å²) in [4.78, 5) is 0. The Balaban J connectivity index is 2.50. The quantitative estimate of drug-likeness (QED) is 0.653. The molecule has 0 heterocycles. The first kappa shape index (κ1) is 17.0.